The lowest BCUT2D eigenvalue weighted by Gasteiger charge is -2.10. The number of halogens is 1. The maximum Gasteiger partial charge on any atom is 0.211 e. The summed E-state index contributed by atoms with van der Waals surface area (Å²) in [6.07, 6.45) is 2.88. The maximum absolute atomic E-state index is 11.5. The van der Waals surface area contributed by atoms with Crippen LogP contribution < -0.4 is 4.72 Å². The van der Waals surface area contributed by atoms with Gasteiger partial charge in [-0.05, 0) is 18.8 Å². The first-order valence-electron chi connectivity index (χ1n) is 6.13. The minimum absolute atomic E-state index is 0.0185. The van der Waals surface area contributed by atoms with Crippen LogP contribution in [0.15, 0.2) is 0 Å². The van der Waals surface area contributed by atoms with Crippen molar-refractivity contribution >= 4 is 21.6 Å². The van der Waals surface area contributed by atoms with Crippen LogP contribution in [0.2, 0.25) is 0 Å². The Morgan fingerprint density at radius 1 is 1.29 bits per heavy atom. The van der Waals surface area contributed by atoms with Crippen LogP contribution in [0.4, 0.5) is 0 Å². The quantitative estimate of drug-likeness (QED) is 0.467. The summed E-state index contributed by atoms with van der Waals surface area (Å²) in [5.41, 5.74) is 0. The van der Waals surface area contributed by atoms with Crippen molar-refractivity contribution < 1.29 is 13.2 Å². The van der Waals surface area contributed by atoms with E-state index in [1.165, 1.54) is 0 Å². The predicted molar refractivity (Wildman–Crippen MR) is 72.0 cm³/mol. The Morgan fingerprint density at radius 3 is 2.53 bits per heavy atom. The van der Waals surface area contributed by atoms with Crippen LogP contribution in [-0.2, 0) is 14.8 Å². The fourth-order valence-electron chi connectivity index (χ4n) is 1.23. The Labute approximate surface area is 110 Å². The molecule has 17 heavy (non-hydrogen) atoms. The van der Waals surface area contributed by atoms with Crippen LogP contribution >= 0.6 is 11.6 Å². The smallest absolute Gasteiger partial charge is 0.211 e. The normalized spacial score (nSPS) is 13.8. The van der Waals surface area contributed by atoms with Crippen molar-refractivity contribution in [3.05, 3.63) is 0 Å². The second-order valence-corrected chi connectivity index (χ2v) is 6.41. The highest BCUT2D eigenvalue weighted by Gasteiger charge is 2.13. The van der Waals surface area contributed by atoms with E-state index in [9.17, 15) is 8.42 Å². The fraction of sp³-hybridized carbons (Fsp3) is 1.00. The Hall–Kier alpha value is 0.160. The largest absolute Gasteiger partial charge is 0.381 e. The minimum Gasteiger partial charge on any atom is -0.381 e. The number of rotatable bonds is 11. The molecule has 0 aromatic carbocycles. The van der Waals surface area contributed by atoms with Crippen molar-refractivity contribution in [2.24, 2.45) is 5.92 Å². The van der Waals surface area contributed by atoms with E-state index in [0.717, 1.165) is 19.4 Å². The van der Waals surface area contributed by atoms with Gasteiger partial charge in [0.05, 0.1) is 5.75 Å². The van der Waals surface area contributed by atoms with E-state index in [4.69, 9.17) is 16.3 Å². The van der Waals surface area contributed by atoms with Crippen LogP contribution in [0.5, 0.6) is 0 Å². The molecule has 104 valence electrons. The van der Waals surface area contributed by atoms with Crippen molar-refractivity contribution in [3.8, 4) is 0 Å². The average molecular weight is 286 g/mol. The molecule has 0 fully saturated rings. The summed E-state index contributed by atoms with van der Waals surface area (Å²) in [5.74, 6) is 0.434. The number of unbranched alkanes of at least 4 members (excludes halogenated alkanes) is 1. The highest BCUT2D eigenvalue weighted by molar-refractivity contribution is 7.89. The molecule has 1 N–H and O–H groups in total. The molecule has 0 spiro atoms. The maximum atomic E-state index is 11.5. The molecule has 6 heteroatoms. The zero-order chi connectivity index (χ0) is 13.1. The minimum atomic E-state index is -3.18. The summed E-state index contributed by atoms with van der Waals surface area (Å²) in [7, 11) is -3.18. The Bertz CT molecular complexity index is 270. The number of hydrogen-bond acceptors (Lipinski definition) is 3. The van der Waals surface area contributed by atoms with Gasteiger partial charge in [-0.15, -0.1) is 11.6 Å². The van der Waals surface area contributed by atoms with Crippen molar-refractivity contribution in [1.29, 1.82) is 0 Å². The zero-order valence-corrected chi connectivity index (χ0v) is 12.3. The summed E-state index contributed by atoms with van der Waals surface area (Å²) in [4.78, 5) is 0. The highest BCUT2D eigenvalue weighted by Crippen LogP contribution is 2.01. The first-order valence-corrected chi connectivity index (χ1v) is 8.31. The SMILES string of the molecule is CCCCOCCCNS(=O)(=O)CC(C)CCl. The monoisotopic (exact) mass is 285 g/mol. The zero-order valence-electron chi connectivity index (χ0n) is 10.7. The van der Waals surface area contributed by atoms with Gasteiger partial charge < -0.3 is 4.74 Å². The number of ether oxygens (including phenoxy) is 1. The van der Waals surface area contributed by atoms with Crippen molar-refractivity contribution in [3.63, 3.8) is 0 Å². The van der Waals surface area contributed by atoms with Crippen LogP contribution in [0.1, 0.15) is 33.1 Å². The van der Waals surface area contributed by atoms with Crippen molar-refractivity contribution in [2.45, 2.75) is 33.1 Å². The van der Waals surface area contributed by atoms with Gasteiger partial charge in [0.1, 0.15) is 0 Å². The summed E-state index contributed by atoms with van der Waals surface area (Å²) < 4.78 is 30.9. The number of hydrogen-bond donors (Lipinski definition) is 1. The molecule has 0 saturated carbocycles. The van der Waals surface area contributed by atoms with Gasteiger partial charge in [-0.25, -0.2) is 13.1 Å². The summed E-state index contributed by atoms with van der Waals surface area (Å²) in [6, 6.07) is 0. The Balaban J connectivity index is 3.53. The van der Waals surface area contributed by atoms with Gasteiger partial charge in [0.25, 0.3) is 0 Å². The van der Waals surface area contributed by atoms with Gasteiger partial charge in [0, 0.05) is 25.6 Å². The van der Waals surface area contributed by atoms with Gasteiger partial charge in [-0.3, -0.25) is 0 Å². The number of alkyl halides is 1. The molecule has 0 bridgehead atoms. The Kier molecular flexibility index (Phi) is 10.2. The van der Waals surface area contributed by atoms with Gasteiger partial charge in [-0.1, -0.05) is 20.3 Å². The molecule has 0 aliphatic rings. The second kappa shape index (κ2) is 10.1. The van der Waals surface area contributed by atoms with Crippen LogP contribution in [-0.4, -0.2) is 39.8 Å². The fourth-order valence-corrected chi connectivity index (χ4v) is 2.91. The number of nitrogens with one attached hydrogen (secondary N) is 1. The molecule has 0 aromatic rings. The molecular formula is C11H24ClNO3S. The molecule has 0 aromatic heterocycles. The molecule has 0 radical (unpaired) electrons. The molecule has 0 heterocycles. The molecule has 0 aliphatic heterocycles. The van der Waals surface area contributed by atoms with E-state index < -0.39 is 10.0 Å². The third-order valence-corrected chi connectivity index (χ3v) is 4.38. The molecule has 0 saturated heterocycles. The summed E-state index contributed by atoms with van der Waals surface area (Å²) >= 11 is 5.58. The van der Waals surface area contributed by atoms with Gasteiger partial charge >= 0.3 is 0 Å². The molecule has 0 amide bonds. The van der Waals surface area contributed by atoms with Crippen molar-refractivity contribution in [2.75, 3.05) is 31.4 Å². The predicted octanol–water partition coefficient (Wildman–Crippen LogP) is 1.99. The molecule has 0 aliphatic carbocycles. The van der Waals surface area contributed by atoms with Crippen LogP contribution in [0, 0.1) is 5.92 Å². The molecule has 0 rings (SSSR count). The molecule has 1 unspecified atom stereocenters. The third kappa shape index (κ3) is 11.0. The summed E-state index contributed by atoms with van der Waals surface area (Å²) in [6.45, 7) is 5.72. The standard InChI is InChI=1S/C11H24ClNO3S/c1-3-4-7-16-8-5-6-13-17(14,15)10-11(2)9-12/h11,13H,3-10H2,1-2H3. The third-order valence-electron chi connectivity index (χ3n) is 2.20. The van der Waals surface area contributed by atoms with E-state index in [2.05, 4.69) is 11.6 Å². The van der Waals surface area contributed by atoms with E-state index in [-0.39, 0.29) is 11.7 Å². The lowest BCUT2D eigenvalue weighted by Crippen LogP contribution is -2.30. The van der Waals surface area contributed by atoms with E-state index in [0.29, 0.717) is 25.5 Å². The number of sulfonamides is 1. The second-order valence-electron chi connectivity index (χ2n) is 4.25. The first-order chi connectivity index (χ1) is 8.02. The molecule has 4 nitrogen and oxygen atoms in total. The van der Waals surface area contributed by atoms with E-state index in [1.807, 2.05) is 6.92 Å². The average Bonchev–Trinajstić information content (AvgIpc) is 2.27. The topological polar surface area (TPSA) is 55.4 Å². The van der Waals surface area contributed by atoms with E-state index >= 15 is 0 Å². The lowest BCUT2D eigenvalue weighted by atomic mass is 10.3. The van der Waals surface area contributed by atoms with Gasteiger partial charge in [-0.2, -0.15) is 0 Å². The first kappa shape index (κ1) is 17.2. The highest BCUT2D eigenvalue weighted by atomic mass is 35.5. The van der Waals surface area contributed by atoms with E-state index in [1.54, 1.807) is 0 Å². The van der Waals surface area contributed by atoms with Gasteiger partial charge in [0.15, 0.2) is 0 Å². The van der Waals surface area contributed by atoms with Crippen LogP contribution in [0.25, 0.3) is 0 Å². The summed E-state index contributed by atoms with van der Waals surface area (Å²) in [5, 5.41) is 0. The molecule has 1 atom stereocenters. The van der Waals surface area contributed by atoms with Crippen LogP contribution in [0.3, 0.4) is 0 Å². The van der Waals surface area contributed by atoms with Gasteiger partial charge in [0.2, 0.25) is 10.0 Å². The molecular weight excluding hydrogens is 262 g/mol. The van der Waals surface area contributed by atoms with Crippen molar-refractivity contribution in [1.82, 2.24) is 4.72 Å². The Morgan fingerprint density at radius 2 is 1.94 bits per heavy atom. The lowest BCUT2D eigenvalue weighted by molar-refractivity contribution is 0.130.